The molecule has 1 N–H and O–H groups in total. The Balaban J connectivity index is 2.15. The number of rotatable bonds is 10. The number of hydrogen-bond acceptors (Lipinski definition) is 4. The van der Waals surface area contributed by atoms with Crippen LogP contribution in [-0.4, -0.2) is 33.7 Å². The molecule has 30 heavy (non-hydrogen) atoms. The van der Waals surface area contributed by atoms with Gasteiger partial charge in [-0.25, -0.2) is 8.42 Å². The van der Waals surface area contributed by atoms with Crippen LogP contribution in [0.15, 0.2) is 42.5 Å². The summed E-state index contributed by atoms with van der Waals surface area (Å²) in [7, 11) is -3.63. The number of hydrogen-bond donors (Lipinski definition) is 1. The van der Waals surface area contributed by atoms with Crippen LogP contribution in [0.25, 0.3) is 0 Å². The molecule has 1 amide bonds. The molecule has 164 valence electrons. The van der Waals surface area contributed by atoms with E-state index in [4.69, 9.17) is 4.74 Å². The molecular formula is C23H32N2O4S. The minimum atomic E-state index is -3.63. The van der Waals surface area contributed by atoms with E-state index in [1.807, 2.05) is 39.8 Å². The molecule has 0 fully saturated rings. The molecule has 0 heterocycles. The molecule has 0 saturated heterocycles. The number of benzene rings is 2. The Morgan fingerprint density at radius 2 is 1.73 bits per heavy atom. The number of aryl methyl sites for hydroxylation is 2. The monoisotopic (exact) mass is 432 g/mol. The lowest BCUT2D eigenvalue weighted by atomic mass is 9.99. The zero-order valence-electron chi connectivity index (χ0n) is 18.4. The molecule has 2 aromatic rings. The molecule has 0 radical (unpaired) electrons. The van der Waals surface area contributed by atoms with E-state index in [0.29, 0.717) is 24.5 Å². The number of amides is 1. The second-order valence-electron chi connectivity index (χ2n) is 7.48. The smallest absolute Gasteiger partial charge is 0.241 e. The first-order valence-electron chi connectivity index (χ1n) is 10.2. The highest BCUT2D eigenvalue weighted by Crippen LogP contribution is 2.23. The van der Waals surface area contributed by atoms with Crippen molar-refractivity contribution in [2.45, 2.75) is 46.6 Å². The Morgan fingerprint density at radius 1 is 1.07 bits per heavy atom. The van der Waals surface area contributed by atoms with E-state index in [9.17, 15) is 13.2 Å². The minimum absolute atomic E-state index is 0.178. The van der Waals surface area contributed by atoms with Gasteiger partial charge in [0, 0.05) is 0 Å². The Morgan fingerprint density at radius 3 is 2.27 bits per heavy atom. The number of nitrogens with zero attached hydrogens (tertiary/aromatic N) is 1. The third-order valence-electron chi connectivity index (χ3n) is 4.96. The minimum Gasteiger partial charge on any atom is -0.494 e. The molecule has 1 atom stereocenters. The van der Waals surface area contributed by atoms with E-state index in [1.165, 1.54) is 5.56 Å². The largest absolute Gasteiger partial charge is 0.494 e. The van der Waals surface area contributed by atoms with E-state index in [1.54, 1.807) is 24.3 Å². The third-order valence-corrected chi connectivity index (χ3v) is 6.10. The summed E-state index contributed by atoms with van der Waals surface area (Å²) in [5, 5.41) is 2.97. The van der Waals surface area contributed by atoms with E-state index in [-0.39, 0.29) is 18.5 Å². The quantitative estimate of drug-likeness (QED) is 0.613. The summed E-state index contributed by atoms with van der Waals surface area (Å²) in [5.74, 6) is 0.316. The lowest BCUT2D eigenvalue weighted by Crippen LogP contribution is -2.41. The third kappa shape index (κ3) is 6.49. The van der Waals surface area contributed by atoms with Gasteiger partial charge < -0.3 is 10.1 Å². The van der Waals surface area contributed by atoms with Gasteiger partial charge in [-0.1, -0.05) is 32.0 Å². The molecule has 0 aliphatic carbocycles. The van der Waals surface area contributed by atoms with Crippen molar-refractivity contribution in [3.63, 3.8) is 0 Å². The zero-order chi connectivity index (χ0) is 22.3. The van der Waals surface area contributed by atoms with Crippen LogP contribution in [0.2, 0.25) is 0 Å². The van der Waals surface area contributed by atoms with E-state index in [2.05, 4.69) is 11.4 Å². The fourth-order valence-electron chi connectivity index (χ4n) is 3.10. The maximum absolute atomic E-state index is 12.7. The Kier molecular flexibility index (Phi) is 8.29. The summed E-state index contributed by atoms with van der Waals surface area (Å²) < 4.78 is 31.3. The second-order valence-corrected chi connectivity index (χ2v) is 9.39. The van der Waals surface area contributed by atoms with Gasteiger partial charge in [0.25, 0.3) is 0 Å². The summed E-state index contributed by atoms with van der Waals surface area (Å²) >= 11 is 0. The molecule has 0 aromatic heterocycles. The predicted octanol–water partition coefficient (Wildman–Crippen LogP) is 4.13. The van der Waals surface area contributed by atoms with Crippen LogP contribution in [0, 0.1) is 13.8 Å². The number of sulfonamides is 1. The summed E-state index contributed by atoms with van der Waals surface area (Å²) in [6.45, 7) is 8.39. The van der Waals surface area contributed by atoms with E-state index >= 15 is 0 Å². The van der Waals surface area contributed by atoms with Gasteiger partial charge in [-0.05, 0) is 67.6 Å². The SMILES string of the molecule is CCCOc1ccc(N(CC(=O)NC(CC)c2ccc(C)c(C)c2)S(C)(=O)=O)cc1. The summed E-state index contributed by atoms with van der Waals surface area (Å²) in [6.07, 6.45) is 2.69. The van der Waals surface area contributed by atoms with Gasteiger partial charge in [-0.2, -0.15) is 0 Å². The molecular weight excluding hydrogens is 400 g/mol. The highest BCUT2D eigenvalue weighted by Gasteiger charge is 2.22. The number of nitrogens with one attached hydrogen (secondary N) is 1. The van der Waals surface area contributed by atoms with Crippen molar-refractivity contribution in [3.8, 4) is 5.75 Å². The summed E-state index contributed by atoms with van der Waals surface area (Å²) in [4.78, 5) is 12.7. The zero-order valence-corrected chi connectivity index (χ0v) is 19.3. The fourth-order valence-corrected chi connectivity index (χ4v) is 3.96. The van der Waals surface area contributed by atoms with Crippen molar-refractivity contribution < 1.29 is 17.9 Å². The van der Waals surface area contributed by atoms with Crippen LogP contribution in [0.4, 0.5) is 5.69 Å². The van der Waals surface area contributed by atoms with Gasteiger partial charge in [-0.15, -0.1) is 0 Å². The van der Waals surface area contributed by atoms with Gasteiger partial charge in [0.1, 0.15) is 12.3 Å². The molecule has 2 rings (SSSR count). The molecule has 0 aliphatic rings. The molecule has 0 bridgehead atoms. The van der Waals surface area contributed by atoms with Crippen LogP contribution >= 0.6 is 0 Å². The molecule has 7 heteroatoms. The van der Waals surface area contributed by atoms with Crippen molar-refractivity contribution in [1.29, 1.82) is 0 Å². The van der Waals surface area contributed by atoms with Gasteiger partial charge in [0.05, 0.1) is 24.6 Å². The molecule has 0 saturated carbocycles. The summed E-state index contributed by atoms with van der Waals surface area (Å²) in [5.41, 5.74) is 3.78. The van der Waals surface area contributed by atoms with Crippen LogP contribution in [-0.2, 0) is 14.8 Å². The number of ether oxygens (including phenoxy) is 1. The van der Waals surface area contributed by atoms with Crippen LogP contribution < -0.4 is 14.4 Å². The summed E-state index contributed by atoms with van der Waals surface area (Å²) in [6, 6.07) is 12.6. The average Bonchev–Trinajstić information content (AvgIpc) is 2.70. The highest BCUT2D eigenvalue weighted by atomic mass is 32.2. The van der Waals surface area contributed by atoms with Crippen molar-refractivity contribution in [1.82, 2.24) is 5.32 Å². The first-order chi connectivity index (χ1) is 14.2. The first kappa shape index (κ1) is 23.7. The molecule has 0 spiro atoms. The Hall–Kier alpha value is -2.54. The topological polar surface area (TPSA) is 75.7 Å². The average molecular weight is 433 g/mol. The molecule has 1 unspecified atom stereocenters. The highest BCUT2D eigenvalue weighted by molar-refractivity contribution is 7.92. The Bertz CT molecular complexity index is 956. The van der Waals surface area contributed by atoms with Crippen molar-refractivity contribution in [2.75, 3.05) is 23.7 Å². The van der Waals surface area contributed by atoms with Gasteiger partial charge in [0.15, 0.2) is 0 Å². The molecule has 2 aromatic carbocycles. The number of anilines is 1. The van der Waals surface area contributed by atoms with E-state index in [0.717, 1.165) is 28.1 Å². The van der Waals surface area contributed by atoms with Crippen LogP contribution in [0.1, 0.15) is 49.4 Å². The van der Waals surface area contributed by atoms with Gasteiger partial charge >= 0.3 is 0 Å². The maximum Gasteiger partial charge on any atom is 0.241 e. The molecule has 0 aliphatic heterocycles. The first-order valence-corrected chi connectivity index (χ1v) is 12.1. The van der Waals surface area contributed by atoms with Crippen molar-refractivity contribution >= 4 is 21.6 Å². The standard InChI is InChI=1S/C23H32N2O4S/c1-6-14-29-21-12-10-20(11-13-21)25(30(5,27)28)16-23(26)24-22(7-2)19-9-8-17(3)18(4)15-19/h8-13,15,22H,6-7,14,16H2,1-5H3,(H,24,26). The maximum atomic E-state index is 12.7. The normalized spacial score (nSPS) is 12.3. The van der Waals surface area contributed by atoms with Gasteiger partial charge in [0.2, 0.25) is 15.9 Å². The number of carbonyl (C=O) groups is 1. The fraction of sp³-hybridized carbons (Fsp3) is 0.435. The van der Waals surface area contributed by atoms with Crippen molar-refractivity contribution in [2.24, 2.45) is 0 Å². The van der Waals surface area contributed by atoms with Crippen LogP contribution in [0.5, 0.6) is 5.75 Å². The molecule has 6 nitrogen and oxygen atoms in total. The lowest BCUT2D eigenvalue weighted by Gasteiger charge is -2.24. The number of carbonyl (C=O) groups excluding carboxylic acids is 1. The van der Waals surface area contributed by atoms with E-state index < -0.39 is 10.0 Å². The second kappa shape index (κ2) is 10.5. The lowest BCUT2D eigenvalue weighted by molar-refractivity contribution is -0.120. The van der Waals surface area contributed by atoms with Crippen molar-refractivity contribution in [3.05, 3.63) is 59.2 Å². The Labute approximate surface area is 180 Å². The van der Waals surface area contributed by atoms with Gasteiger partial charge in [-0.3, -0.25) is 9.10 Å². The van der Waals surface area contributed by atoms with Crippen LogP contribution in [0.3, 0.4) is 0 Å². The predicted molar refractivity (Wildman–Crippen MR) is 122 cm³/mol.